The van der Waals surface area contributed by atoms with E-state index < -0.39 is 0 Å². The van der Waals surface area contributed by atoms with Crippen molar-refractivity contribution in [3.63, 3.8) is 0 Å². The van der Waals surface area contributed by atoms with Crippen LogP contribution in [0.2, 0.25) is 0 Å². The minimum Gasteiger partial charge on any atom is -0.348 e. The number of aromatic nitrogens is 3. The standard InChI is InChI=1S/C10H16N4OS/c1-7(16-2)10(15)11-6-9-13-12-8-4-3-5-14(8)9/h7H,3-6H2,1-2H3,(H,11,15)/t7-/m1/s1. The van der Waals surface area contributed by atoms with E-state index in [0.717, 1.165) is 31.0 Å². The first-order valence-corrected chi connectivity index (χ1v) is 6.72. The fourth-order valence-electron chi connectivity index (χ4n) is 1.76. The Morgan fingerprint density at radius 1 is 1.62 bits per heavy atom. The molecular formula is C10H16N4OS. The number of fused-ring (bicyclic) bond motifs is 1. The van der Waals surface area contributed by atoms with Crippen molar-refractivity contribution in [2.45, 2.75) is 38.1 Å². The zero-order valence-corrected chi connectivity index (χ0v) is 10.4. The number of thioether (sulfide) groups is 1. The third kappa shape index (κ3) is 2.21. The fourth-order valence-corrected chi connectivity index (χ4v) is 2.06. The molecule has 1 aromatic rings. The summed E-state index contributed by atoms with van der Waals surface area (Å²) < 4.78 is 2.10. The van der Waals surface area contributed by atoms with E-state index in [4.69, 9.17) is 0 Å². The third-order valence-electron chi connectivity index (χ3n) is 2.83. The fraction of sp³-hybridized carbons (Fsp3) is 0.700. The Labute approximate surface area is 99.0 Å². The highest BCUT2D eigenvalue weighted by Gasteiger charge is 2.18. The van der Waals surface area contributed by atoms with Gasteiger partial charge >= 0.3 is 0 Å². The van der Waals surface area contributed by atoms with Crippen LogP contribution in [0.1, 0.15) is 25.0 Å². The van der Waals surface area contributed by atoms with Gasteiger partial charge in [-0.1, -0.05) is 0 Å². The number of nitrogens with one attached hydrogen (secondary N) is 1. The Bertz CT molecular complexity index is 390. The summed E-state index contributed by atoms with van der Waals surface area (Å²) in [6.45, 7) is 3.36. The maximum Gasteiger partial charge on any atom is 0.233 e. The minimum atomic E-state index is -0.0130. The molecule has 1 aliphatic rings. The highest BCUT2D eigenvalue weighted by Crippen LogP contribution is 2.13. The summed E-state index contributed by atoms with van der Waals surface area (Å²) >= 11 is 1.54. The Hall–Kier alpha value is -1.04. The second kappa shape index (κ2) is 4.86. The Balaban J connectivity index is 1.93. The highest BCUT2D eigenvalue weighted by atomic mass is 32.2. The lowest BCUT2D eigenvalue weighted by Gasteiger charge is -2.09. The first-order valence-electron chi connectivity index (χ1n) is 5.44. The second-order valence-corrected chi connectivity index (χ2v) is 5.06. The smallest absolute Gasteiger partial charge is 0.233 e. The lowest BCUT2D eigenvalue weighted by atomic mass is 10.4. The molecule has 1 atom stereocenters. The molecule has 0 saturated carbocycles. The van der Waals surface area contributed by atoms with Gasteiger partial charge in [-0.2, -0.15) is 11.8 Å². The predicted octanol–water partition coefficient (Wildman–Crippen LogP) is 0.592. The van der Waals surface area contributed by atoms with Gasteiger partial charge in [-0.25, -0.2) is 0 Å². The molecule has 1 amide bonds. The van der Waals surface area contributed by atoms with Gasteiger partial charge in [-0.05, 0) is 19.6 Å². The zero-order chi connectivity index (χ0) is 11.5. The van der Waals surface area contributed by atoms with Gasteiger partial charge in [0.25, 0.3) is 0 Å². The molecule has 6 heteroatoms. The molecule has 0 radical (unpaired) electrons. The minimum absolute atomic E-state index is 0.0130. The third-order valence-corrected chi connectivity index (χ3v) is 3.75. The van der Waals surface area contributed by atoms with Crippen molar-refractivity contribution >= 4 is 17.7 Å². The lowest BCUT2D eigenvalue weighted by Crippen LogP contribution is -2.31. The van der Waals surface area contributed by atoms with Crippen molar-refractivity contribution in [2.24, 2.45) is 0 Å². The monoisotopic (exact) mass is 240 g/mol. The highest BCUT2D eigenvalue weighted by molar-refractivity contribution is 7.99. The van der Waals surface area contributed by atoms with Crippen molar-refractivity contribution in [1.82, 2.24) is 20.1 Å². The first kappa shape index (κ1) is 11.4. The van der Waals surface area contributed by atoms with Crippen molar-refractivity contribution in [3.05, 3.63) is 11.6 Å². The molecule has 16 heavy (non-hydrogen) atoms. The lowest BCUT2D eigenvalue weighted by molar-refractivity contribution is -0.120. The van der Waals surface area contributed by atoms with Crippen LogP contribution in [-0.4, -0.2) is 32.2 Å². The SMILES string of the molecule is CS[C@H](C)C(=O)NCc1nnc2n1CCC2. The topological polar surface area (TPSA) is 59.8 Å². The van der Waals surface area contributed by atoms with Gasteiger partial charge in [0.15, 0.2) is 5.82 Å². The average molecular weight is 240 g/mol. The van der Waals surface area contributed by atoms with Crippen molar-refractivity contribution in [2.75, 3.05) is 6.26 Å². The van der Waals surface area contributed by atoms with Gasteiger partial charge in [0.1, 0.15) is 5.82 Å². The van der Waals surface area contributed by atoms with Crippen molar-refractivity contribution in [3.8, 4) is 0 Å². The summed E-state index contributed by atoms with van der Waals surface area (Å²) in [5.41, 5.74) is 0. The largest absolute Gasteiger partial charge is 0.348 e. The van der Waals surface area contributed by atoms with Gasteiger partial charge in [-0.3, -0.25) is 4.79 Å². The Kier molecular flexibility index (Phi) is 3.48. The first-order chi connectivity index (χ1) is 7.72. The summed E-state index contributed by atoms with van der Waals surface area (Å²) in [6.07, 6.45) is 4.06. The van der Waals surface area contributed by atoms with Crippen LogP contribution in [0.25, 0.3) is 0 Å². The van der Waals surface area contributed by atoms with E-state index in [-0.39, 0.29) is 11.2 Å². The molecule has 0 unspecified atom stereocenters. The number of aryl methyl sites for hydroxylation is 1. The van der Waals surface area contributed by atoms with Crippen LogP contribution in [-0.2, 0) is 24.3 Å². The van der Waals surface area contributed by atoms with E-state index >= 15 is 0 Å². The normalized spacial score (nSPS) is 15.9. The molecule has 0 aliphatic carbocycles. The maximum absolute atomic E-state index is 11.6. The molecule has 2 rings (SSSR count). The number of hydrogen-bond donors (Lipinski definition) is 1. The number of amides is 1. The van der Waals surface area contributed by atoms with Crippen molar-refractivity contribution < 1.29 is 4.79 Å². The van der Waals surface area contributed by atoms with Gasteiger partial charge < -0.3 is 9.88 Å². The van der Waals surface area contributed by atoms with E-state index in [1.54, 1.807) is 11.8 Å². The van der Waals surface area contributed by atoms with Crippen LogP contribution in [0.15, 0.2) is 0 Å². The molecule has 1 N–H and O–H groups in total. The molecule has 88 valence electrons. The van der Waals surface area contributed by atoms with Crippen LogP contribution in [0.4, 0.5) is 0 Å². The molecule has 0 spiro atoms. The summed E-state index contributed by atoms with van der Waals surface area (Å²) in [5.74, 6) is 1.97. The van der Waals surface area contributed by atoms with E-state index in [1.807, 2.05) is 13.2 Å². The van der Waals surface area contributed by atoms with Gasteiger partial charge in [-0.15, -0.1) is 10.2 Å². The molecular weight excluding hydrogens is 224 g/mol. The van der Waals surface area contributed by atoms with Crippen LogP contribution in [0.5, 0.6) is 0 Å². The molecule has 5 nitrogen and oxygen atoms in total. The summed E-state index contributed by atoms with van der Waals surface area (Å²) in [7, 11) is 0. The molecule has 1 aliphatic heterocycles. The Morgan fingerprint density at radius 3 is 3.19 bits per heavy atom. The van der Waals surface area contributed by atoms with E-state index in [0.29, 0.717) is 6.54 Å². The zero-order valence-electron chi connectivity index (χ0n) is 9.56. The molecule has 0 saturated heterocycles. The summed E-state index contributed by atoms with van der Waals surface area (Å²) in [4.78, 5) is 11.6. The number of hydrogen-bond acceptors (Lipinski definition) is 4. The molecule has 0 bridgehead atoms. The van der Waals surface area contributed by atoms with E-state index in [2.05, 4.69) is 20.1 Å². The molecule has 0 aromatic carbocycles. The van der Waals surface area contributed by atoms with E-state index in [1.165, 1.54) is 0 Å². The van der Waals surface area contributed by atoms with Crippen LogP contribution in [0, 0.1) is 0 Å². The quantitative estimate of drug-likeness (QED) is 0.837. The van der Waals surface area contributed by atoms with Crippen LogP contribution in [0.3, 0.4) is 0 Å². The average Bonchev–Trinajstić information content (AvgIpc) is 2.87. The van der Waals surface area contributed by atoms with Gasteiger partial charge in [0.05, 0.1) is 11.8 Å². The summed E-state index contributed by atoms with van der Waals surface area (Å²) in [5, 5.41) is 11.1. The van der Waals surface area contributed by atoms with Crippen LogP contribution >= 0.6 is 11.8 Å². The number of carbonyl (C=O) groups excluding carboxylic acids is 1. The van der Waals surface area contributed by atoms with Gasteiger partial charge in [0.2, 0.25) is 5.91 Å². The number of carbonyl (C=O) groups is 1. The maximum atomic E-state index is 11.6. The van der Waals surface area contributed by atoms with Crippen LogP contribution < -0.4 is 5.32 Å². The summed E-state index contributed by atoms with van der Waals surface area (Å²) in [6, 6.07) is 0. The number of nitrogens with zero attached hydrogens (tertiary/aromatic N) is 3. The van der Waals surface area contributed by atoms with Gasteiger partial charge in [0, 0.05) is 13.0 Å². The van der Waals surface area contributed by atoms with Crippen molar-refractivity contribution in [1.29, 1.82) is 0 Å². The Morgan fingerprint density at radius 2 is 2.44 bits per heavy atom. The molecule has 1 aromatic heterocycles. The second-order valence-electron chi connectivity index (χ2n) is 3.88. The number of rotatable bonds is 4. The van der Waals surface area contributed by atoms with E-state index in [9.17, 15) is 4.79 Å². The molecule has 2 heterocycles. The molecule has 0 fully saturated rings. The predicted molar refractivity (Wildman–Crippen MR) is 63.2 cm³/mol.